The fourth-order valence-electron chi connectivity index (χ4n) is 3.00. The summed E-state index contributed by atoms with van der Waals surface area (Å²) in [6.07, 6.45) is 6.40. The predicted molar refractivity (Wildman–Crippen MR) is 75.9 cm³/mol. The molecule has 0 aromatic heterocycles. The first-order chi connectivity index (χ1) is 8.76. The van der Waals surface area contributed by atoms with Gasteiger partial charge in [-0.3, -0.25) is 0 Å². The first-order valence-corrected chi connectivity index (χ1v) is 7.53. The second kappa shape index (κ2) is 8.89. The Morgan fingerprint density at radius 3 is 2.67 bits per heavy atom. The van der Waals surface area contributed by atoms with Crippen molar-refractivity contribution >= 4 is 0 Å². The molecule has 3 nitrogen and oxygen atoms in total. The average Bonchev–Trinajstić information content (AvgIpc) is 2.42. The summed E-state index contributed by atoms with van der Waals surface area (Å²) in [6, 6.07) is 0. The molecule has 0 amide bonds. The highest BCUT2D eigenvalue weighted by Crippen LogP contribution is 2.36. The van der Waals surface area contributed by atoms with Crippen molar-refractivity contribution in [2.45, 2.75) is 46.0 Å². The highest BCUT2D eigenvalue weighted by atomic mass is 16.5. The molecule has 1 unspecified atom stereocenters. The minimum absolute atomic E-state index is 0.364. The SMILES string of the molecule is CCC(CC)CC1(CNCCOC)CCCOC1. The van der Waals surface area contributed by atoms with Crippen LogP contribution in [0, 0.1) is 11.3 Å². The zero-order chi connectivity index (χ0) is 13.3. The Bertz CT molecular complexity index is 199. The van der Waals surface area contributed by atoms with Gasteiger partial charge in [0.2, 0.25) is 0 Å². The van der Waals surface area contributed by atoms with Crippen molar-refractivity contribution in [1.82, 2.24) is 5.32 Å². The summed E-state index contributed by atoms with van der Waals surface area (Å²) >= 11 is 0. The third-order valence-electron chi connectivity index (χ3n) is 4.26. The van der Waals surface area contributed by atoms with Crippen LogP contribution in [-0.2, 0) is 9.47 Å². The molecule has 1 saturated heterocycles. The summed E-state index contributed by atoms with van der Waals surface area (Å²) in [6.45, 7) is 9.32. The van der Waals surface area contributed by atoms with Gasteiger partial charge < -0.3 is 14.8 Å². The van der Waals surface area contributed by atoms with Crippen molar-refractivity contribution in [3.63, 3.8) is 0 Å². The molecule has 18 heavy (non-hydrogen) atoms. The van der Waals surface area contributed by atoms with Crippen LogP contribution in [0.25, 0.3) is 0 Å². The summed E-state index contributed by atoms with van der Waals surface area (Å²) in [4.78, 5) is 0. The molecule has 0 bridgehead atoms. The first kappa shape index (κ1) is 15.9. The summed E-state index contributed by atoms with van der Waals surface area (Å²) < 4.78 is 10.9. The smallest absolute Gasteiger partial charge is 0.0587 e. The highest BCUT2D eigenvalue weighted by molar-refractivity contribution is 4.86. The van der Waals surface area contributed by atoms with Crippen molar-refractivity contribution < 1.29 is 9.47 Å². The number of hydrogen-bond donors (Lipinski definition) is 1. The van der Waals surface area contributed by atoms with E-state index in [1.54, 1.807) is 7.11 Å². The standard InChI is InChI=1S/C15H31NO2/c1-4-14(5-2)11-15(7-6-9-18-13-15)12-16-8-10-17-3/h14,16H,4-13H2,1-3H3. The summed E-state index contributed by atoms with van der Waals surface area (Å²) in [7, 11) is 1.76. The predicted octanol–water partition coefficient (Wildman–Crippen LogP) is 2.85. The lowest BCUT2D eigenvalue weighted by molar-refractivity contribution is -0.0217. The maximum atomic E-state index is 5.76. The molecule has 1 aliphatic heterocycles. The lowest BCUT2D eigenvalue weighted by atomic mass is 9.74. The topological polar surface area (TPSA) is 30.5 Å². The van der Waals surface area contributed by atoms with Gasteiger partial charge in [-0.25, -0.2) is 0 Å². The normalized spacial score (nSPS) is 24.7. The Kier molecular flexibility index (Phi) is 7.87. The molecule has 0 saturated carbocycles. The van der Waals surface area contributed by atoms with Crippen LogP contribution in [0.3, 0.4) is 0 Å². The molecule has 1 rings (SSSR count). The van der Waals surface area contributed by atoms with Gasteiger partial charge in [0.25, 0.3) is 0 Å². The van der Waals surface area contributed by atoms with Crippen molar-refractivity contribution in [2.24, 2.45) is 11.3 Å². The second-order valence-electron chi connectivity index (χ2n) is 5.71. The first-order valence-electron chi connectivity index (χ1n) is 7.53. The van der Waals surface area contributed by atoms with E-state index in [1.165, 1.54) is 32.1 Å². The van der Waals surface area contributed by atoms with E-state index >= 15 is 0 Å². The Hall–Kier alpha value is -0.120. The molecular formula is C15H31NO2. The van der Waals surface area contributed by atoms with Gasteiger partial charge in [0.05, 0.1) is 13.2 Å². The summed E-state index contributed by atoms with van der Waals surface area (Å²) in [5, 5.41) is 3.55. The van der Waals surface area contributed by atoms with Gasteiger partial charge in [0, 0.05) is 32.2 Å². The maximum absolute atomic E-state index is 5.76. The van der Waals surface area contributed by atoms with Gasteiger partial charge in [0.1, 0.15) is 0 Å². The van der Waals surface area contributed by atoms with E-state index in [-0.39, 0.29) is 0 Å². The molecular weight excluding hydrogens is 226 g/mol. The fraction of sp³-hybridized carbons (Fsp3) is 1.00. The molecule has 0 aromatic carbocycles. The molecule has 0 radical (unpaired) electrons. The third-order valence-corrected chi connectivity index (χ3v) is 4.26. The van der Waals surface area contributed by atoms with E-state index in [9.17, 15) is 0 Å². The lowest BCUT2D eigenvalue weighted by Crippen LogP contribution is -2.43. The van der Waals surface area contributed by atoms with Gasteiger partial charge in [-0.15, -0.1) is 0 Å². The van der Waals surface area contributed by atoms with Crippen LogP contribution in [0.15, 0.2) is 0 Å². The maximum Gasteiger partial charge on any atom is 0.0587 e. The number of ether oxygens (including phenoxy) is 2. The van der Waals surface area contributed by atoms with Crippen LogP contribution in [-0.4, -0.2) is 40.0 Å². The largest absolute Gasteiger partial charge is 0.383 e. The van der Waals surface area contributed by atoms with Crippen molar-refractivity contribution in [3.05, 3.63) is 0 Å². The van der Waals surface area contributed by atoms with Crippen LogP contribution in [0.2, 0.25) is 0 Å². The highest BCUT2D eigenvalue weighted by Gasteiger charge is 2.34. The Morgan fingerprint density at radius 2 is 2.11 bits per heavy atom. The minimum atomic E-state index is 0.364. The van der Waals surface area contributed by atoms with E-state index in [1.807, 2.05) is 0 Å². The van der Waals surface area contributed by atoms with Crippen molar-refractivity contribution in [3.8, 4) is 0 Å². The lowest BCUT2D eigenvalue weighted by Gasteiger charge is -2.39. The van der Waals surface area contributed by atoms with E-state index in [0.717, 1.165) is 38.8 Å². The second-order valence-corrected chi connectivity index (χ2v) is 5.71. The van der Waals surface area contributed by atoms with Crippen LogP contribution < -0.4 is 5.32 Å². The average molecular weight is 257 g/mol. The summed E-state index contributed by atoms with van der Waals surface area (Å²) in [5.74, 6) is 0.843. The Balaban J connectivity index is 2.46. The minimum Gasteiger partial charge on any atom is -0.383 e. The molecule has 108 valence electrons. The van der Waals surface area contributed by atoms with E-state index < -0.39 is 0 Å². The zero-order valence-electron chi connectivity index (χ0n) is 12.5. The number of hydrogen-bond acceptors (Lipinski definition) is 3. The van der Waals surface area contributed by atoms with E-state index in [4.69, 9.17) is 9.47 Å². The van der Waals surface area contributed by atoms with Gasteiger partial charge in [-0.1, -0.05) is 26.7 Å². The Morgan fingerprint density at radius 1 is 1.33 bits per heavy atom. The third kappa shape index (κ3) is 5.25. The van der Waals surface area contributed by atoms with Crippen LogP contribution in [0.1, 0.15) is 46.0 Å². The van der Waals surface area contributed by atoms with E-state index in [0.29, 0.717) is 5.41 Å². The van der Waals surface area contributed by atoms with Gasteiger partial charge in [0.15, 0.2) is 0 Å². The van der Waals surface area contributed by atoms with Crippen LogP contribution in [0.5, 0.6) is 0 Å². The molecule has 1 heterocycles. The number of methoxy groups -OCH3 is 1. The molecule has 0 aliphatic carbocycles. The van der Waals surface area contributed by atoms with Gasteiger partial charge in [-0.05, 0) is 25.2 Å². The van der Waals surface area contributed by atoms with Crippen molar-refractivity contribution in [1.29, 1.82) is 0 Å². The quantitative estimate of drug-likeness (QED) is 0.644. The number of rotatable bonds is 9. The fourth-order valence-corrected chi connectivity index (χ4v) is 3.00. The Labute approximate surface area is 113 Å². The summed E-state index contributed by atoms with van der Waals surface area (Å²) in [5.41, 5.74) is 0.364. The molecule has 3 heteroatoms. The number of nitrogens with one attached hydrogen (secondary N) is 1. The van der Waals surface area contributed by atoms with Crippen LogP contribution >= 0.6 is 0 Å². The molecule has 0 aromatic rings. The molecule has 0 spiro atoms. The van der Waals surface area contributed by atoms with Gasteiger partial charge >= 0.3 is 0 Å². The zero-order valence-corrected chi connectivity index (χ0v) is 12.5. The molecule has 1 fully saturated rings. The molecule has 1 N–H and O–H groups in total. The van der Waals surface area contributed by atoms with Crippen LogP contribution in [0.4, 0.5) is 0 Å². The van der Waals surface area contributed by atoms with Gasteiger partial charge in [-0.2, -0.15) is 0 Å². The molecule has 1 atom stereocenters. The van der Waals surface area contributed by atoms with E-state index in [2.05, 4.69) is 19.2 Å². The monoisotopic (exact) mass is 257 g/mol. The van der Waals surface area contributed by atoms with Crippen molar-refractivity contribution in [2.75, 3.05) is 40.0 Å². The molecule has 1 aliphatic rings.